The summed E-state index contributed by atoms with van der Waals surface area (Å²) in [5.74, 6) is -10.1. The number of nitrogens with two attached hydrogens (primary N) is 2. The number of hydrogen-bond donors (Lipinski definition) is 11. The highest BCUT2D eigenvalue weighted by Crippen LogP contribution is 2.35. The number of benzene rings is 4. The predicted molar refractivity (Wildman–Crippen MR) is 368 cm³/mol. The molecular formula is C71H86F3N11O12S2. The number of aromatic amines is 1. The number of unbranched alkanes of at least 4 members (excludes halogenated alkanes) is 1. The average Bonchev–Trinajstić information content (AvgIpc) is 1.68. The molecule has 9 rings (SSSR count). The van der Waals surface area contributed by atoms with Crippen LogP contribution in [-0.2, 0) is 78.7 Å². The van der Waals surface area contributed by atoms with E-state index in [1.165, 1.54) is 121 Å². The van der Waals surface area contributed by atoms with Gasteiger partial charge in [0.15, 0.2) is 5.78 Å². The Labute approximate surface area is 580 Å². The summed E-state index contributed by atoms with van der Waals surface area (Å²) in [6.07, 6.45) is 2.66. The van der Waals surface area contributed by atoms with E-state index in [0.29, 0.717) is 76.5 Å². The number of rotatable bonds is 12. The maximum absolute atomic E-state index is 15.4. The largest absolute Gasteiger partial charge is 0.508 e. The molecule has 13 N–H and O–H groups in total. The highest BCUT2D eigenvalue weighted by molar-refractivity contribution is 7.98. The van der Waals surface area contributed by atoms with Crippen LogP contribution in [0.5, 0.6) is 5.75 Å². The third-order valence-electron chi connectivity index (χ3n) is 18.7. The summed E-state index contributed by atoms with van der Waals surface area (Å²) in [7, 11) is 0. The van der Waals surface area contributed by atoms with Gasteiger partial charge in [0.2, 0.25) is 53.2 Å². The number of primary amides is 1. The van der Waals surface area contributed by atoms with Crippen LogP contribution in [0.3, 0.4) is 0 Å². The van der Waals surface area contributed by atoms with E-state index < -0.39 is 143 Å². The van der Waals surface area contributed by atoms with Gasteiger partial charge in [0.1, 0.15) is 65.0 Å². The van der Waals surface area contributed by atoms with E-state index in [4.69, 9.17) is 11.5 Å². The van der Waals surface area contributed by atoms with Gasteiger partial charge >= 0.3 is 0 Å². The number of allylic oxidation sites excluding steroid dienone is 1. The number of H-pyrrole nitrogens is 1. The molecule has 0 saturated carbocycles. The normalized spacial score (nSPS) is 25.3. The summed E-state index contributed by atoms with van der Waals surface area (Å²) in [4.78, 5) is 151. The molecule has 23 nitrogen and oxygen atoms in total. The number of nitrogens with zero attached hydrogens (tertiary/aromatic N) is 2. The van der Waals surface area contributed by atoms with E-state index in [0.717, 1.165) is 5.56 Å². The van der Waals surface area contributed by atoms with Crippen LogP contribution in [0, 0.1) is 23.4 Å². The van der Waals surface area contributed by atoms with Gasteiger partial charge in [-0.25, -0.2) is 13.2 Å². The maximum Gasteiger partial charge on any atom is 0.246 e. The van der Waals surface area contributed by atoms with Gasteiger partial charge in [-0.2, -0.15) is 23.5 Å². The number of nitrogens with one attached hydrogen (secondary N) is 7. The van der Waals surface area contributed by atoms with Gasteiger partial charge in [-0.1, -0.05) is 30.3 Å². The molecule has 3 aliphatic heterocycles. The lowest BCUT2D eigenvalue weighted by Crippen LogP contribution is -2.64. The smallest absolute Gasteiger partial charge is 0.246 e. The summed E-state index contributed by atoms with van der Waals surface area (Å²) in [6, 6.07) is 8.74. The number of halogens is 3. The zero-order valence-corrected chi connectivity index (χ0v) is 57.1. The van der Waals surface area contributed by atoms with E-state index in [-0.39, 0.29) is 93.2 Å². The Balaban J connectivity index is 1.04. The summed E-state index contributed by atoms with van der Waals surface area (Å²) < 4.78 is 45.1. The van der Waals surface area contributed by atoms with Crippen molar-refractivity contribution in [2.45, 2.75) is 170 Å². The highest BCUT2D eigenvalue weighted by atomic mass is 32.2. The molecule has 0 spiro atoms. The van der Waals surface area contributed by atoms with Crippen LogP contribution in [0.2, 0.25) is 0 Å². The first-order valence-electron chi connectivity index (χ1n) is 33.4. The molecular weight excluding hydrogens is 1320 g/mol. The standard InChI is InChI=1S/C71H86F3N11O12S2/c1-39-60(88)32-46(30-47-35-77-54-19-16-49(73)34-53(47)54)64(91)80-57(31-45-13-12-44-14-15-48(72)33-52(44)45)68(95)84-23-6-9-59(84)66(93)83-62(40(2)86)67(94)81-56(29-41-10-17-51(87)18-11-41)69(96)85-24-7-21-71(85,3)70(97)82-58(63(76)90)38-99-37-43-26-42(27-50(74)28-43)36-98-25-20-61(89)79-55(65(92)78-39)8-4-5-22-75/h10-11,13-19,26-28,33-35,39-40,46,55-59,62,77,86-87H,4-9,12,20-25,29-32,36-38,75H2,1-3H3,(H2,76,90)(H,78,92)(H,79,89)(H,80,91)(H,81,94)(H,82,97)(H,83,93)/t39-,40-,46-,55+,56+,57+,58+,59+,62+,71+/m1/s1. The molecule has 5 aromatic rings. The van der Waals surface area contributed by atoms with E-state index >= 15 is 23.2 Å². The van der Waals surface area contributed by atoms with Crippen molar-refractivity contribution in [3.05, 3.63) is 142 Å². The van der Waals surface area contributed by atoms with Crippen molar-refractivity contribution in [3.8, 4) is 5.75 Å². The van der Waals surface area contributed by atoms with Crippen molar-refractivity contribution < 1.29 is 71.3 Å². The van der Waals surface area contributed by atoms with Crippen LogP contribution in [0.15, 0.2) is 91.1 Å². The fourth-order valence-corrected chi connectivity index (χ4v) is 15.1. The number of amides is 9. The molecule has 530 valence electrons. The number of hydrogen-bond acceptors (Lipinski definition) is 15. The number of carbonyl (C=O) groups is 10. The quantitative estimate of drug-likeness (QED) is 0.0764. The number of thioether (sulfide) groups is 2. The maximum atomic E-state index is 15.4. The minimum absolute atomic E-state index is 0.0240. The van der Waals surface area contributed by atoms with Crippen LogP contribution < -0.4 is 43.4 Å². The number of Topliss-reactive ketones (excluding diaryl/α,β-unsaturated/α-hetero) is 1. The average molecular weight is 1410 g/mol. The van der Waals surface area contributed by atoms with Gasteiger partial charge in [-0.3, -0.25) is 47.9 Å². The van der Waals surface area contributed by atoms with Gasteiger partial charge < -0.3 is 68.4 Å². The van der Waals surface area contributed by atoms with E-state index in [9.17, 15) is 48.2 Å². The van der Waals surface area contributed by atoms with Gasteiger partial charge in [-0.05, 0) is 179 Å². The Bertz CT molecular complexity index is 3880. The Morgan fingerprint density at radius 3 is 2.17 bits per heavy atom. The van der Waals surface area contributed by atoms with Crippen molar-refractivity contribution in [3.63, 3.8) is 0 Å². The van der Waals surface area contributed by atoms with Crippen molar-refractivity contribution in [1.29, 1.82) is 0 Å². The molecule has 4 aliphatic rings. The number of ketones is 1. The second-order valence-electron chi connectivity index (χ2n) is 26.1. The summed E-state index contributed by atoms with van der Waals surface area (Å²) in [6.45, 7) is 4.46. The Kier molecular flexibility index (Phi) is 25.5. The fraction of sp³-hybridized carbons (Fsp3) is 0.465. The molecule has 99 heavy (non-hydrogen) atoms. The first-order chi connectivity index (χ1) is 47.3. The minimum Gasteiger partial charge on any atom is -0.508 e. The first kappa shape index (κ1) is 74.5. The van der Waals surface area contributed by atoms with Gasteiger partial charge in [0.25, 0.3) is 0 Å². The summed E-state index contributed by atoms with van der Waals surface area (Å²) >= 11 is 2.53. The topological polar surface area (TPSA) is 358 Å². The van der Waals surface area contributed by atoms with E-state index in [1.54, 1.807) is 24.4 Å². The molecule has 0 unspecified atom stereocenters. The predicted octanol–water partition coefficient (Wildman–Crippen LogP) is 4.55. The molecule has 4 aromatic carbocycles. The van der Waals surface area contributed by atoms with Gasteiger partial charge in [-0.15, -0.1) is 0 Å². The molecule has 2 fully saturated rings. The second kappa shape index (κ2) is 33.9. The molecule has 2 saturated heterocycles. The molecule has 1 aliphatic carbocycles. The zero-order valence-electron chi connectivity index (χ0n) is 55.5. The number of phenols is 1. The number of fused-ring (bicyclic) bond motifs is 6. The number of aromatic nitrogens is 1. The molecule has 4 heterocycles. The van der Waals surface area contributed by atoms with Gasteiger partial charge in [0, 0.05) is 84.8 Å². The van der Waals surface area contributed by atoms with Crippen LogP contribution in [0.1, 0.15) is 118 Å². The van der Waals surface area contributed by atoms with Crippen molar-refractivity contribution in [2.24, 2.45) is 17.4 Å². The molecule has 9 amide bonds. The number of aliphatic hydroxyl groups excluding tert-OH is 1. The lowest BCUT2D eigenvalue weighted by atomic mass is 9.90. The SMILES string of the molecule is C[C@H]1NC(=O)[C@H](CCCCN)NC(=O)CCSCc2cc(F)cc(c2)CSC[C@@H](C(N)=O)NC(=O)[C@]2(C)CCCN2C(=O)[C@H](Cc2ccc(O)cc2)NC(=O)[C@H]([C@@H](C)O)NC(=O)[C@@H]2CCCN2C(=O)[C@H](CC2=CCc3ccc(F)cc32)NC(=O)[C@H](Cc2c[nH]c3ccc(F)cc23)CC1=O. The molecule has 1 aromatic heterocycles. The monoisotopic (exact) mass is 1410 g/mol. The van der Waals surface area contributed by atoms with Crippen LogP contribution in [-0.4, -0.2) is 169 Å². The lowest BCUT2D eigenvalue weighted by Gasteiger charge is -2.37. The minimum atomic E-state index is -1.78. The van der Waals surface area contributed by atoms with Crippen LogP contribution in [0.4, 0.5) is 13.2 Å². The summed E-state index contributed by atoms with van der Waals surface area (Å²) in [5, 5.41) is 38.3. The fourth-order valence-electron chi connectivity index (χ4n) is 13.2. The third kappa shape index (κ3) is 19.2. The van der Waals surface area contributed by atoms with Crippen molar-refractivity contribution >= 4 is 98.9 Å². The van der Waals surface area contributed by atoms with Crippen LogP contribution in [0.25, 0.3) is 16.5 Å². The number of phenolic OH excluding ortho intramolecular Hbond substituents is 1. The highest BCUT2D eigenvalue weighted by Gasteiger charge is 2.49. The van der Waals surface area contributed by atoms with E-state index in [1.807, 2.05) is 0 Å². The van der Waals surface area contributed by atoms with Crippen LogP contribution >= 0.6 is 23.5 Å². The first-order valence-corrected chi connectivity index (χ1v) is 35.7. The molecule has 0 radical (unpaired) electrons. The molecule has 2 bridgehead atoms. The van der Waals surface area contributed by atoms with Crippen molar-refractivity contribution in [2.75, 3.05) is 31.1 Å². The molecule has 10 atom stereocenters. The third-order valence-corrected chi connectivity index (χ3v) is 20.9. The van der Waals surface area contributed by atoms with Gasteiger partial charge in [0.05, 0.1) is 12.1 Å². The van der Waals surface area contributed by atoms with E-state index in [2.05, 4.69) is 36.9 Å². The number of aliphatic hydroxyl groups is 1. The second-order valence-corrected chi connectivity index (χ2v) is 28.3. The number of carbonyl (C=O) groups excluding carboxylic acids is 10. The number of aromatic hydroxyl groups is 1. The summed E-state index contributed by atoms with van der Waals surface area (Å²) in [5.41, 5.74) is 14.3. The Morgan fingerprint density at radius 1 is 0.737 bits per heavy atom. The Morgan fingerprint density at radius 2 is 1.44 bits per heavy atom. The molecule has 28 heteroatoms. The Hall–Kier alpha value is -8.73. The zero-order chi connectivity index (χ0) is 71.2. The lowest BCUT2D eigenvalue weighted by molar-refractivity contribution is -0.147. The van der Waals surface area contributed by atoms with Crippen molar-refractivity contribution in [1.82, 2.24) is 46.7 Å².